The first-order valence-corrected chi connectivity index (χ1v) is 11.7. The maximum atomic E-state index is 12.9. The number of fused-ring (bicyclic) bond motifs is 1. The summed E-state index contributed by atoms with van der Waals surface area (Å²) in [6.45, 7) is 4.07. The molecular formula is C26H28ClNO6. The number of rotatable bonds is 10. The molecule has 34 heavy (non-hydrogen) atoms. The van der Waals surface area contributed by atoms with Gasteiger partial charge in [-0.05, 0) is 30.0 Å². The summed E-state index contributed by atoms with van der Waals surface area (Å²) in [7, 11) is 0. The Morgan fingerprint density at radius 2 is 1.85 bits per heavy atom. The molecule has 0 aliphatic heterocycles. The zero-order chi connectivity index (χ0) is 24.5. The smallest absolute Gasteiger partial charge is 0.408 e. The van der Waals surface area contributed by atoms with E-state index in [4.69, 9.17) is 25.5 Å². The molecule has 180 valence electrons. The molecule has 0 spiro atoms. The van der Waals surface area contributed by atoms with Gasteiger partial charge in [0.1, 0.15) is 18.2 Å². The van der Waals surface area contributed by atoms with Crippen molar-refractivity contribution in [2.45, 2.75) is 58.6 Å². The number of ether oxygens (including phenoxy) is 2. The minimum Gasteiger partial charge on any atom is -0.445 e. The van der Waals surface area contributed by atoms with Crippen LogP contribution < -0.4 is 15.7 Å². The molecule has 0 fully saturated rings. The van der Waals surface area contributed by atoms with E-state index in [9.17, 15) is 14.4 Å². The Hall–Kier alpha value is -3.32. The van der Waals surface area contributed by atoms with Crippen molar-refractivity contribution in [3.8, 4) is 5.75 Å². The minimum absolute atomic E-state index is 0.0527. The van der Waals surface area contributed by atoms with E-state index in [1.165, 1.54) is 12.1 Å². The highest BCUT2D eigenvalue weighted by Gasteiger charge is 2.24. The molecule has 0 saturated heterocycles. The number of unbranched alkanes of at least 4 members (excludes halogenated alkanes) is 1. The minimum atomic E-state index is -0.923. The van der Waals surface area contributed by atoms with Crippen LogP contribution in [0.15, 0.2) is 57.7 Å². The van der Waals surface area contributed by atoms with Gasteiger partial charge < -0.3 is 19.2 Å². The standard InChI is InChI=1S/C26H28ClNO6/c1-3-5-12-21(28-26(31)32-16-17-10-7-6-8-11-17)25(30)34-23-15-22-19(14-20(23)27)18(9-4-2)13-24(29)33-22/h6-8,10-11,13-15,21H,3-5,9,12,16H2,1-2H3,(H,28,31)/t21-/m0/s1. The van der Waals surface area contributed by atoms with Crippen LogP contribution in [0.4, 0.5) is 4.79 Å². The molecule has 1 aromatic heterocycles. The molecule has 8 heteroatoms. The summed E-state index contributed by atoms with van der Waals surface area (Å²) in [6.07, 6.45) is 2.70. The van der Waals surface area contributed by atoms with Crippen molar-refractivity contribution in [3.05, 3.63) is 75.1 Å². The van der Waals surface area contributed by atoms with Gasteiger partial charge in [-0.25, -0.2) is 14.4 Å². The predicted octanol–water partition coefficient (Wildman–Crippen LogP) is 5.79. The number of aryl methyl sites for hydroxylation is 1. The van der Waals surface area contributed by atoms with Crippen LogP contribution in [0.1, 0.15) is 50.7 Å². The third-order valence-electron chi connectivity index (χ3n) is 5.25. The maximum absolute atomic E-state index is 12.9. The Bertz CT molecular complexity index is 1190. The first kappa shape index (κ1) is 25.3. The summed E-state index contributed by atoms with van der Waals surface area (Å²) in [5, 5.41) is 3.47. The van der Waals surface area contributed by atoms with Crippen molar-refractivity contribution in [1.29, 1.82) is 0 Å². The SMILES string of the molecule is CCCC[C@H](NC(=O)OCc1ccccc1)C(=O)Oc1cc2oc(=O)cc(CCC)c2cc1Cl. The monoisotopic (exact) mass is 485 g/mol. The van der Waals surface area contributed by atoms with Gasteiger partial charge in [-0.1, -0.05) is 75.0 Å². The number of carbonyl (C=O) groups excluding carboxylic acids is 2. The number of alkyl carbamates (subject to hydrolysis) is 1. The molecule has 0 radical (unpaired) electrons. The second kappa shape index (κ2) is 12.2. The average molecular weight is 486 g/mol. The van der Waals surface area contributed by atoms with Crippen molar-refractivity contribution < 1.29 is 23.5 Å². The van der Waals surface area contributed by atoms with Gasteiger partial charge in [0.05, 0.1) is 5.02 Å². The van der Waals surface area contributed by atoms with E-state index < -0.39 is 23.7 Å². The van der Waals surface area contributed by atoms with Crippen LogP contribution in [0.25, 0.3) is 11.0 Å². The molecule has 1 amide bonds. The number of esters is 1. The number of amides is 1. The van der Waals surface area contributed by atoms with Crippen LogP contribution in [0.5, 0.6) is 5.75 Å². The molecule has 1 N–H and O–H groups in total. The van der Waals surface area contributed by atoms with Crippen LogP contribution in [0.3, 0.4) is 0 Å². The number of hydrogen-bond donors (Lipinski definition) is 1. The average Bonchev–Trinajstić information content (AvgIpc) is 2.82. The lowest BCUT2D eigenvalue weighted by Gasteiger charge is -2.18. The van der Waals surface area contributed by atoms with Crippen molar-refractivity contribution in [2.75, 3.05) is 0 Å². The van der Waals surface area contributed by atoms with Crippen molar-refractivity contribution in [3.63, 3.8) is 0 Å². The highest BCUT2D eigenvalue weighted by Crippen LogP contribution is 2.32. The topological polar surface area (TPSA) is 94.8 Å². The van der Waals surface area contributed by atoms with Crippen LogP contribution in [0.2, 0.25) is 5.02 Å². The molecule has 7 nitrogen and oxygen atoms in total. The van der Waals surface area contributed by atoms with Gasteiger partial charge in [0.2, 0.25) is 0 Å². The van der Waals surface area contributed by atoms with Gasteiger partial charge in [0, 0.05) is 17.5 Å². The third kappa shape index (κ3) is 6.84. The Kier molecular flexibility index (Phi) is 9.10. The second-order valence-corrected chi connectivity index (χ2v) is 8.35. The van der Waals surface area contributed by atoms with Crippen molar-refractivity contribution >= 4 is 34.6 Å². The Labute approximate surface area is 203 Å². The van der Waals surface area contributed by atoms with Crippen LogP contribution in [-0.4, -0.2) is 18.1 Å². The van der Waals surface area contributed by atoms with Gasteiger partial charge in [-0.2, -0.15) is 0 Å². The van der Waals surface area contributed by atoms with Gasteiger partial charge in [0.25, 0.3) is 0 Å². The van der Waals surface area contributed by atoms with Crippen molar-refractivity contribution in [2.24, 2.45) is 0 Å². The quantitative estimate of drug-likeness (QED) is 0.222. The first-order valence-electron chi connectivity index (χ1n) is 11.4. The number of hydrogen-bond acceptors (Lipinski definition) is 6. The van der Waals surface area contributed by atoms with Crippen LogP contribution in [0, 0.1) is 0 Å². The molecule has 3 aromatic rings. The fourth-order valence-corrected chi connectivity index (χ4v) is 3.73. The van der Waals surface area contributed by atoms with E-state index >= 15 is 0 Å². The fourth-order valence-electron chi connectivity index (χ4n) is 3.53. The zero-order valence-corrected chi connectivity index (χ0v) is 20.0. The molecule has 1 atom stereocenters. The maximum Gasteiger partial charge on any atom is 0.408 e. The van der Waals surface area contributed by atoms with E-state index in [2.05, 4.69) is 5.32 Å². The molecule has 0 bridgehead atoms. The highest BCUT2D eigenvalue weighted by molar-refractivity contribution is 6.33. The molecule has 1 heterocycles. The lowest BCUT2D eigenvalue weighted by Crippen LogP contribution is -2.43. The summed E-state index contributed by atoms with van der Waals surface area (Å²) >= 11 is 6.38. The highest BCUT2D eigenvalue weighted by atomic mass is 35.5. The normalized spacial score (nSPS) is 11.7. The van der Waals surface area contributed by atoms with E-state index in [0.29, 0.717) is 24.6 Å². The summed E-state index contributed by atoms with van der Waals surface area (Å²) in [4.78, 5) is 37.2. The van der Waals surface area contributed by atoms with E-state index in [1.54, 1.807) is 6.07 Å². The molecule has 0 aliphatic carbocycles. The molecule has 0 saturated carbocycles. The largest absolute Gasteiger partial charge is 0.445 e. The molecule has 3 rings (SSSR count). The Balaban J connectivity index is 1.74. The van der Waals surface area contributed by atoms with E-state index in [1.807, 2.05) is 44.2 Å². The van der Waals surface area contributed by atoms with Gasteiger partial charge in [-0.3, -0.25) is 0 Å². The fraction of sp³-hybridized carbons (Fsp3) is 0.346. The summed E-state index contributed by atoms with van der Waals surface area (Å²) < 4.78 is 16.0. The first-order chi connectivity index (χ1) is 16.4. The van der Waals surface area contributed by atoms with Crippen LogP contribution in [-0.2, 0) is 22.6 Å². The Morgan fingerprint density at radius 1 is 1.09 bits per heavy atom. The molecular weight excluding hydrogens is 458 g/mol. The number of carbonyl (C=O) groups is 2. The van der Waals surface area contributed by atoms with E-state index in [-0.39, 0.29) is 23.0 Å². The summed E-state index contributed by atoms with van der Waals surface area (Å²) in [5.41, 5.74) is 1.44. The lowest BCUT2D eigenvalue weighted by molar-refractivity contribution is -0.136. The van der Waals surface area contributed by atoms with Gasteiger partial charge >= 0.3 is 17.7 Å². The number of halogens is 1. The second-order valence-electron chi connectivity index (χ2n) is 7.94. The molecule has 0 unspecified atom stereocenters. The molecule has 2 aromatic carbocycles. The predicted molar refractivity (Wildman–Crippen MR) is 130 cm³/mol. The van der Waals surface area contributed by atoms with Gasteiger partial charge in [-0.15, -0.1) is 0 Å². The van der Waals surface area contributed by atoms with Crippen molar-refractivity contribution in [1.82, 2.24) is 5.32 Å². The van der Waals surface area contributed by atoms with Gasteiger partial charge in [0.15, 0.2) is 5.75 Å². The third-order valence-corrected chi connectivity index (χ3v) is 5.54. The number of nitrogens with one attached hydrogen (secondary N) is 1. The van der Waals surface area contributed by atoms with E-state index in [0.717, 1.165) is 24.0 Å². The zero-order valence-electron chi connectivity index (χ0n) is 19.3. The number of benzene rings is 2. The van der Waals surface area contributed by atoms with Crippen LogP contribution >= 0.6 is 11.6 Å². The Morgan fingerprint density at radius 3 is 2.56 bits per heavy atom. The summed E-state index contributed by atoms with van der Waals surface area (Å²) in [5.74, 6) is -0.629. The summed E-state index contributed by atoms with van der Waals surface area (Å²) in [6, 6.07) is 12.8. The molecule has 0 aliphatic rings. The lowest BCUT2D eigenvalue weighted by atomic mass is 10.1.